The summed E-state index contributed by atoms with van der Waals surface area (Å²) in [5.74, 6) is -0.908. The number of rotatable bonds is 2. The molecule has 0 aliphatic carbocycles. The molecule has 0 aliphatic rings. The van der Waals surface area contributed by atoms with Crippen LogP contribution in [0, 0.1) is 17.1 Å². The molecule has 2 aromatic rings. The largest absolute Gasteiger partial charge is 0.304 e. The summed E-state index contributed by atoms with van der Waals surface area (Å²) >= 11 is 3.01. The standard InChI is InChI=1S/C12H8BrFN4O/c1-18-6-8(5-15)11(17-18)16-12(19)7-2-3-9(13)10(14)4-7/h2-4,6H,1H3,(H,16,17,19). The Morgan fingerprint density at radius 1 is 1.58 bits per heavy atom. The maximum absolute atomic E-state index is 13.3. The maximum Gasteiger partial charge on any atom is 0.257 e. The number of benzene rings is 1. The van der Waals surface area contributed by atoms with Gasteiger partial charge in [0.05, 0.1) is 4.47 Å². The van der Waals surface area contributed by atoms with Crippen molar-refractivity contribution in [2.75, 3.05) is 5.32 Å². The van der Waals surface area contributed by atoms with E-state index in [2.05, 4.69) is 26.3 Å². The van der Waals surface area contributed by atoms with Crippen LogP contribution in [-0.4, -0.2) is 15.7 Å². The molecule has 0 fully saturated rings. The van der Waals surface area contributed by atoms with Gasteiger partial charge in [-0.25, -0.2) is 4.39 Å². The van der Waals surface area contributed by atoms with E-state index in [-0.39, 0.29) is 21.4 Å². The van der Waals surface area contributed by atoms with Gasteiger partial charge in [0.15, 0.2) is 5.82 Å². The Kier molecular flexibility index (Phi) is 3.62. The lowest BCUT2D eigenvalue weighted by molar-refractivity contribution is 0.102. The molecule has 7 heteroatoms. The number of hydrogen-bond donors (Lipinski definition) is 1. The smallest absolute Gasteiger partial charge is 0.257 e. The third-order valence-electron chi connectivity index (χ3n) is 2.36. The van der Waals surface area contributed by atoms with Crippen molar-refractivity contribution in [1.82, 2.24) is 9.78 Å². The van der Waals surface area contributed by atoms with E-state index in [1.807, 2.05) is 6.07 Å². The molecule has 1 aromatic heterocycles. The van der Waals surface area contributed by atoms with Gasteiger partial charge in [0.1, 0.15) is 17.4 Å². The number of halogens is 2. The number of hydrogen-bond acceptors (Lipinski definition) is 3. The van der Waals surface area contributed by atoms with Crippen molar-refractivity contribution >= 4 is 27.7 Å². The van der Waals surface area contributed by atoms with Gasteiger partial charge in [-0.2, -0.15) is 10.4 Å². The van der Waals surface area contributed by atoms with E-state index in [9.17, 15) is 9.18 Å². The Balaban J connectivity index is 2.26. The van der Waals surface area contributed by atoms with Crippen molar-refractivity contribution in [1.29, 1.82) is 5.26 Å². The molecule has 96 valence electrons. The summed E-state index contributed by atoms with van der Waals surface area (Å²) in [7, 11) is 1.63. The Morgan fingerprint density at radius 2 is 2.32 bits per heavy atom. The van der Waals surface area contributed by atoms with E-state index in [0.717, 1.165) is 6.07 Å². The van der Waals surface area contributed by atoms with Crippen LogP contribution in [0.3, 0.4) is 0 Å². The second kappa shape index (κ2) is 5.20. The van der Waals surface area contributed by atoms with E-state index in [1.54, 1.807) is 7.05 Å². The van der Waals surface area contributed by atoms with Crippen molar-refractivity contribution in [2.24, 2.45) is 7.05 Å². The van der Waals surface area contributed by atoms with Gasteiger partial charge in [-0.05, 0) is 34.1 Å². The second-order valence-electron chi connectivity index (χ2n) is 3.76. The van der Waals surface area contributed by atoms with Crippen molar-refractivity contribution in [2.45, 2.75) is 0 Å². The summed E-state index contributed by atoms with van der Waals surface area (Å²) in [5.41, 5.74) is 0.392. The Hall–Kier alpha value is -2.20. The minimum atomic E-state index is -0.533. The topological polar surface area (TPSA) is 70.7 Å². The normalized spacial score (nSPS) is 10.0. The first kappa shape index (κ1) is 13.2. The van der Waals surface area contributed by atoms with Gasteiger partial charge in [0.2, 0.25) is 0 Å². The SMILES string of the molecule is Cn1cc(C#N)c(NC(=O)c2ccc(Br)c(F)c2)n1. The highest BCUT2D eigenvalue weighted by Crippen LogP contribution is 2.18. The predicted octanol–water partition coefficient (Wildman–Crippen LogP) is 2.45. The monoisotopic (exact) mass is 322 g/mol. The van der Waals surface area contributed by atoms with Gasteiger partial charge in [-0.1, -0.05) is 0 Å². The van der Waals surface area contributed by atoms with Gasteiger partial charge in [0, 0.05) is 18.8 Å². The highest BCUT2D eigenvalue weighted by molar-refractivity contribution is 9.10. The second-order valence-corrected chi connectivity index (χ2v) is 4.61. The summed E-state index contributed by atoms with van der Waals surface area (Å²) in [6, 6.07) is 5.93. The van der Waals surface area contributed by atoms with Crippen molar-refractivity contribution in [3.63, 3.8) is 0 Å². The number of nitriles is 1. The van der Waals surface area contributed by atoms with Gasteiger partial charge in [-0.3, -0.25) is 9.48 Å². The number of carbonyl (C=O) groups excluding carboxylic acids is 1. The van der Waals surface area contributed by atoms with E-state index >= 15 is 0 Å². The lowest BCUT2D eigenvalue weighted by atomic mass is 10.2. The third kappa shape index (κ3) is 2.80. The number of aryl methyl sites for hydroxylation is 1. The van der Waals surface area contributed by atoms with Crippen molar-refractivity contribution < 1.29 is 9.18 Å². The lowest BCUT2D eigenvalue weighted by Crippen LogP contribution is -2.13. The van der Waals surface area contributed by atoms with Crippen LogP contribution in [0.4, 0.5) is 10.2 Å². The predicted molar refractivity (Wildman–Crippen MR) is 70.0 cm³/mol. The summed E-state index contributed by atoms with van der Waals surface area (Å²) < 4.78 is 15.0. The fourth-order valence-electron chi connectivity index (χ4n) is 1.48. The number of nitrogens with zero attached hydrogens (tertiary/aromatic N) is 3. The number of amides is 1. The molecule has 5 nitrogen and oxygen atoms in total. The summed E-state index contributed by atoms with van der Waals surface area (Å²) in [4.78, 5) is 11.9. The molecule has 1 N–H and O–H groups in total. The molecule has 0 saturated heterocycles. The molecule has 0 aliphatic heterocycles. The Morgan fingerprint density at radius 3 is 2.95 bits per heavy atom. The molecule has 2 rings (SSSR count). The van der Waals surface area contributed by atoms with E-state index in [1.165, 1.54) is 23.0 Å². The molecule has 1 amide bonds. The fraction of sp³-hybridized carbons (Fsp3) is 0.0833. The van der Waals surface area contributed by atoms with Crippen LogP contribution in [0.25, 0.3) is 0 Å². The first-order valence-electron chi connectivity index (χ1n) is 5.21. The average molecular weight is 323 g/mol. The summed E-state index contributed by atoms with van der Waals surface area (Å²) in [6.45, 7) is 0. The van der Waals surface area contributed by atoms with Crippen LogP contribution in [0.5, 0.6) is 0 Å². The molecule has 0 unspecified atom stereocenters. The number of aromatic nitrogens is 2. The Labute approximate surface area is 116 Å². The molecule has 0 saturated carbocycles. The summed E-state index contributed by atoms with van der Waals surface area (Å²) in [5, 5.41) is 15.3. The van der Waals surface area contributed by atoms with Crippen molar-refractivity contribution in [3.8, 4) is 6.07 Å². The maximum atomic E-state index is 13.3. The Bertz CT molecular complexity index is 690. The highest BCUT2D eigenvalue weighted by Gasteiger charge is 2.13. The van der Waals surface area contributed by atoms with Crippen LogP contribution in [0.15, 0.2) is 28.9 Å². The zero-order valence-corrected chi connectivity index (χ0v) is 11.4. The van der Waals surface area contributed by atoms with Crippen LogP contribution in [0.2, 0.25) is 0 Å². The zero-order valence-electron chi connectivity index (χ0n) is 9.82. The summed E-state index contributed by atoms with van der Waals surface area (Å²) in [6.07, 6.45) is 1.48. The van der Waals surface area contributed by atoms with Crippen LogP contribution in [0.1, 0.15) is 15.9 Å². The molecule has 1 heterocycles. The minimum Gasteiger partial charge on any atom is -0.304 e. The van der Waals surface area contributed by atoms with Crippen LogP contribution >= 0.6 is 15.9 Å². The van der Waals surface area contributed by atoms with E-state index < -0.39 is 11.7 Å². The first-order valence-corrected chi connectivity index (χ1v) is 6.00. The van der Waals surface area contributed by atoms with E-state index in [0.29, 0.717) is 0 Å². The van der Waals surface area contributed by atoms with Gasteiger partial charge in [0.25, 0.3) is 5.91 Å². The van der Waals surface area contributed by atoms with Gasteiger partial charge < -0.3 is 5.32 Å². The van der Waals surface area contributed by atoms with Gasteiger partial charge >= 0.3 is 0 Å². The molecule has 0 bridgehead atoms. The molecular weight excluding hydrogens is 315 g/mol. The number of anilines is 1. The molecule has 0 atom stereocenters. The van der Waals surface area contributed by atoms with Gasteiger partial charge in [-0.15, -0.1) is 0 Å². The third-order valence-corrected chi connectivity index (χ3v) is 3.01. The lowest BCUT2D eigenvalue weighted by Gasteiger charge is -2.03. The molecule has 1 aromatic carbocycles. The first-order chi connectivity index (χ1) is 9.01. The molecule has 0 radical (unpaired) electrons. The van der Waals surface area contributed by atoms with Crippen molar-refractivity contribution in [3.05, 3.63) is 45.8 Å². The minimum absolute atomic E-state index is 0.148. The van der Waals surface area contributed by atoms with E-state index in [4.69, 9.17) is 5.26 Å². The van der Waals surface area contributed by atoms with Crippen LogP contribution < -0.4 is 5.32 Å². The quantitative estimate of drug-likeness (QED) is 0.923. The molecule has 19 heavy (non-hydrogen) atoms. The fourth-order valence-corrected chi connectivity index (χ4v) is 1.73. The van der Waals surface area contributed by atoms with Crippen LogP contribution in [-0.2, 0) is 7.05 Å². The zero-order chi connectivity index (χ0) is 14.0. The average Bonchev–Trinajstić information content (AvgIpc) is 2.72. The molecule has 0 spiro atoms. The molecular formula is C12H8BrFN4O. The highest BCUT2D eigenvalue weighted by atomic mass is 79.9. The number of carbonyl (C=O) groups is 1. The number of nitrogens with one attached hydrogen (secondary N) is 1.